The summed E-state index contributed by atoms with van der Waals surface area (Å²) in [5, 5.41) is 16.8. The molecule has 3 heterocycles. The maximum atomic E-state index is 4.45. The van der Waals surface area contributed by atoms with Crippen molar-refractivity contribution in [2.45, 2.75) is 19.3 Å². The first-order valence-corrected chi connectivity index (χ1v) is 6.10. The zero-order valence-electron chi connectivity index (χ0n) is 8.39. The molecule has 0 amide bonds. The molecule has 1 atom stereocenters. The summed E-state index contributed by atoms with van der Waals surface area (Å²) in [5.41, 5.74) is 0. The first-order valence-electron chi connectivity index (χ1n) is 5.28. The average molecular weight is 223 g/mol. The van der Waals surface area contributed by atoms with E-state index in [-0.39, 0.29) is 0 Å². The van der Waals surface area contributed by atoms with E-state index in [0.29, 0.717) is 0 Å². The monoisotopic (exact) mass is 223 g/mol. The fourth-order valence-corrected chi connectivity index (χ4v) is 2.96. The topological polar surface area (TPSA) is 55.1 Å². The van der Waals surface area contributed by atoms with Gasteiger partial charge in [-0.3, -0.25) is 0 Å². The third-order valence-corrected chi connectivity index (χ3v) is 3.73. The highest BCUT2D eigenvalue weighted by Crippen LogP contribution is 2.19. The van der Waals surface area contributed by atoms with Gasteiger partial charge in [0.05, 0.1) is 0 Å². The van der Waals surface area contributed by atoms with E-state index in [9.17, 15) is 0 Å². The van der Waals surface area contributed by atoms with Gasteiger partial charge < -0.3 is 5.32 Å². The molecular weight excluding hydrogens is 210 g/mol. The molecule has 0 saturated carbocycles. The third kappa shape index (κ3) is 1.87. The molecule has 2 aromatic heterocycles. The fourth-order valence-electron chi connectivity index (χ4n) is 2.03. The van der Waals surface area contributed by atoms with E-state index in [1.807, 2.05) is 0 Å². The van der Waals surface area contributed by atoms with Gasteiger partial charge in [-0.05, 0) is 31.8 Å². The van der Waals surface area contributed by atoms with Crippen LogP contribution in [0.3, 0.4) is 0 Å². The minimum absolute atomic E-state index is 0.738. The van der Waals surface area contributed by atoms with E-state index >= 15 is 0 Å². The Hall–Kier alpha value is -1.01. The van der Waals surface area contributed by atoms with Gasteiger partial charge in [-0.1, -0.05) is 11.3 Å². The van der Waals surface area contributed by atoms with Crippen LogP contribution < -0.4 is 5.32 Å². The molecule has 3 rings (SSSR count). The number of piperidine rings is 1. The van der Waals surface area contributed by atoms with Crippen LogP contribution in [0, 0.1) is 5.92 Å². The largest absolute Gasteiger partial charge is 0.316 e. The van der Waals surface area contributed by atoms with Crippen LogP contribution in [0.2, 0.25) is 0 Å². The maximum absolute atomic E-state index is 4.45. The van der Waals surface area contributed by atoms with E-state index in [2.05, 4.69) is 20.6 Å². The van der Waals surface area contributed by atoms with Crippen molar-refractivity contribution in [3.63, 3.8) is 0 Å². The zero-order valence-corrected chi connectivity index (χ0v) is 9.20. The molecular formula is C9H13N5S. The minimum atomic E-state index is 0.738. The summed E-state index contributed by atoms with van der Waals surface area (Å²) in [6.45, 7) is 2.29. The summed E-state index contributed by atoms with van der Waals surface area (Å²) in [6.07, 6.45) is 5.33. The summed E-state index contributed by atoms with van der Waals surface area (Å²) in [6, 6.07) is 0. The van der Waals surface area contributed by atoms with E-state index < -0.39 is 0 Å². The third-order valence-electron chi connectivity index (χ3n) is 2.79. The van der Waals surface area contributed by atoms with Crippen LogP contribution in [0.1, 0.15) is 17.8 Å². The quantitative estimate of drug-likeness (QED) is 0.815. The van der Waals surface area contributed by atoms with Gasteiger partial charge in [-0.25, -0.2) is 0 Å². The molecule has 1 aliphatic heterocycles. The predicted octanol–water partition coefficient (Wildman–Crippen LogP) is 0.728. The highest BCUT2D eigenvalue weighted by Gasteiger charge is 2.16. The van der Waals surface area contributed by atoms with Crippen LogP contribution >= 0.6 is 11.3 Å². The van der Waals surface area contributed by atoms with Crippen LogP contribution in [-0.2, 0) is 6.42 Å². The van der Waals surface area contributed by atoms with E-state index in [0.717, 1.165) is 23.8 Å². The number of rotatable bonds is 2. The molecule has 0 radical (unpaired) electrons. The van der Waals surface area contributed by atoms with Gasteiger partial charge in [0.15, 0.2) is 0 Å². The standard InChI is InChI=1S/C9H13N5S/c1-2-7(5-10-3-1)4-8-13-14-6-11-12-9(14)15-8/h6-7,10H,1-5H2. The highest BCUT2D eigenvalue weighted by atomic mass is 32.1. The molecule has 80 valence electrons. The van der Waals surface area contributed by atoms with Crippen LogP contribution in [0.4, 0.5) is 0 Å². The molecule has 15 heavy (non-hydrogen) atoms. The van der Waals surface area contributed by atoms with Gasteiger partial charge in [0, 0.05) is 6.42 Å². The second kappa shape index (κ2) is 3.86. The first kappa shape index (κ1) is 9.23. The summed E-state index contributed by atoms with van der Waals surface area (Å²) in [4.78, 5) is 0.897. The van der Waals surface area contributed by atoms with Crippen molar-refractivity contribution < 1.29 is 0 Å². The van der Waals surface area contributed by atoms with Crippen molar-refractivity contribution in [1.29, 1.82) is 0 Å². The Morgan fingerprint density at radius 2 is 2.60 bits per heavy atom. The second-order valence-electron chi connectivity index (χ2n) is 3.97. The number of hydrogen-bond acceptors (Lipinski definition) is 5. The van der Waals surface area contributed by atoms with Crippen LogP contribution in [0.25, 0.3) is 4.96 Å². The number of nitrogens with zero attached hydrogens (tertiary/aromatic N) is 4. The number of aromatic nitrogens is 4. The van der Waals surface area contributed by atoms with Crippen LogP contribution in [0.15, 0.2) is 6.33 Å². The van der Waals surface area contributed by atoms with Crippen molar-refractivity contribution in [3.8, 4) is 0 Å². The molecule has 1 aliphatic rings. The van der Waals surface area contributed by atoms with Gasteiger partial charge in [-0.2, -0.15) is 9.61 Å². The summed E-state index contributed by atoms with van der Waals surface area (Å²) >= 11 is 1.65. The lowest BCUT2D eigenvalue weighted by Crippen LogP contribution is -2.30. The molecule has 6 heteroatoms. The van der Waals surface area contributed by atoms with Crippen molar-refractivity contribution >= 4 is 16.3 Å². The van der Waals surface area contributed by atoms with Gasteiger partial charge in [0.2, 0.25) is 4.96 Å². The lowest BCUT2D eigenvalue weighted by atomic mass is 9.97. The Labute approximate surface area is 91.5 Å². The van der Waals surface area contributed by atoms with Crippen LogP contribution in [0.5, 0.6) is 0 Å². The SMILES string of the molecule is c1nnc2sc(CC3CCCNC3)nn12. The van der Waals surface area contributed by atoms with Gasteiger partial charge in [0.1, 0.15) is 11.3 Å². The van der Waals surface area contributed by atoms with E-state index in [4.69, 9.17) is 0 Å². The average Bonchev–Trinajstić information content (AvgIpc) is 2.79. The van der Waals surface area contributed by atoms with Gasteiger partial charge in [-0.15, -0.1) is 10.2 Å². The highest BCUT2D eigenvalue weighted by molar-refractivity contribution is 7.16. The van der Waals surface area contributed by atoms with Gasteiger partial charge >= 0.3 is 0 Å². The Morgan fingerprint density at radius 3 is 3.40 bits per heavy atom. The van der Waals surface area contributed by atoms with E-state index in [1.54, 1.807) is 22.2 Å². The summed E-state index contributed by atoms with van der Waals surface area (Å²) < 4.78 is 1.76. The Balaban J connectivity index is 1.74. The fraction of sp³-hybridized carbons (Fsp3) is 0.667. The molecule has 0 aromatic carbocycles. The van der Waals surface area contributed by atoms with Crippen molar-refractivity contribution in [3.05, 3.63) is 11.3 Å². The van der Waals surface area contributed by atoms with Crippen molar-refractivity contribution in [2.24, 2.45) is 5.92 Å². The van der Waals surface area contributed by atoms with Crippen molar-refractivity contribution in [2.75, 3.05) is 13.1 Å². The molecule has 1 unspecified atom stereocenters. The zero-order chi connectivity index (χ0) is 10.1. The number of fused-ring (bicyclic) bond motifs is 1. The van der Waals surface area contributed by atoms with Crippen molar-refractivity contribution in [1.82, 2.24) is 25.1 Å². The molecule has 0 aliphatic carbocycles. The molecule has 0 spiro atoms. The predicted molar refractivity (Wildman–Crippen MR) is 58.0 cm³/mol. The molecule has 2 aromatic rings. The molecule has 0 bridgehead atoms. The Kier molecular flexibility index (Phi) is 2.38. The lowest BCUT2D eigenvalue weighted by molar-refractivity contribution is 0.375. The summed E-state index contributed by atoms with van der Waals surface area (Å²) in [7, 11) is 0. The molecule has 5 nitrogen and oxygen atoms in total. The maximum Gasteiger partial charge on any atom is 0.234 e. The smallest absolute Gasteiger partial charge is 0.234 e. The molecule has 1 N–H and O–H groups in total. The first-order chi connectivity index (χ1) is 7.42. The normalized spacial score (nSPS) is 22.3. The number of hydrogen-bond donors (Lipinski definition) is 1. The Bertz CT molecular complexity index is 413. The lowest BCUT2D eigenvalue weighted by Gasteiger charge is -2.21. The van der Waals surface area contributed by atoms with Crippen LogP contribution in [-0.4, -0.2) is 32.9 Å². The molecule has 1 saturated heterocycles. The molecule has 1 fully saturated rings. The van der Waals surface area contributed by atoms with E-state index in [1.165, 1.54) is 24.4 Å². The second-order valence-corrected chi connectivity index (χ2v) is 5.01. The minimum Gasteiger partial charge on any atom is -0.316 e. The Morgan fingerprint density at radius 1 is 1.60 bits per heavy atom. The summed E-state index contributed by atoms with van der Waals surface area (Å²) in [5.74, 6) is 0.738. The number of nitrogens with one attached hydrogen (secondary N) is 1. The van der Waals surface area contributed by atoms with Gasteiger partial charge in [0.25, 0.3) is 0 Å².